The highest BCUT2D eigenvalue weighted by molar-refractivity contribution is 5.33. The van der Waals surface area contributed by atoms with Gasteiger partial charge in [0.05, 0.1) is 11.7 Å². The number of hydrogen-bond donors (Lipinski definition) is 1. The van der Waals surface area contributed by atoms with E-state index in [-0.39, 0.29) is 11.0 Å². The number of ether oxygens (including phenoxy) is 2. The number of benzene rings is 1. The molecule has 1 N–H and O–H groups in total. The van der Waals surface area contributed by atoms with Gasteiger partial charge in [-0.2, -0.15) is 0 Å². The number of pyridine rings is 1. The summed E-state index contributed by atoms with van der Waals surface area (Å²) in [5.74, 6) is 0. The first kappa shape index (κ1) is 22.1. The predicted octanol–water partition coefficient (Wildman–Crippen LogP) is 5.51. The van der Waals surface area contributed by atoms with E-state index in [1.165, 1.54) is 42.5 Å². The lowest BCUT2D eigenvalue weighted by molar-refractivity contribution is -0.104. The molecule has 1 saturated carbocycles. The molecule has 1 spiro atoms. The molecule has 2 aliphatic carbocycles. The van der Waals surface area contributed by atoms with Gasteiger partial charge in [-0.1, -0.05) is 43.2 Å². The van der Waals surface area contributed by atoms with E-state index in [4.69, 9.17) is 14.5 Å². The third-order valence-electron chi connectivity index (χ3n) is 8.15. The Hall–Kier alpha value is -1.75. The molecule has 2 heterocycles. The summed E-state index contributed by atoms with van der Waals surface area (Å²) in [7, 11) is 0. The van der Waals surface area contributed by atoms with Crippen LogP contribution in [-0.2, 0) is 21.3 Å². The molecule has 1 aliphatic heterocycles. The summed E-state index contributed by atoms with van der Waals surface area (Å²) in [6.45, 7) is 4.73. The molecule has 0 amide bonds. The fraction of sp³-hybridized carbons (Fsp3) is 0.607. The molecule has 2 fully saturated rings. The molecule has 3 aliphatic rings. The summed E-state index contributed by atoms with van der Waals surface area (Å²) >= 11 is 0. The molecule has 3 atom stereocenters. The van der Waals surface area contributed by atoms with Crippen molar-refractivity contribution in [3.8, 4) is 0 Å². The molecular formula is C28H38N2O2. The highest BCUT2D eigenvalue weighted by Crippen LogP contribution is 2.49. The molecule has 4 heteroatoms. The zero-order valence-corrected chi connectivity index (χ0v) is 19.5. The van der Waals surface area contributed by atoms with Crippen molar-refractivity contribution in [2.45, 2.75) is 87.9 Å². The fourth-order valence-corrected chi connectivity index (χ4v) is 6.62. The summed E-state index contributed by atoms with van der Waals surface area (Å²) in [5, 5.41) is 3.94. The largest absolute Gasteiger partial charge is 0.378 e. The average molecular weight is 435 g/mol. The van der Waals surface area contributed by atoms with Crippen LogP contribution in [0.3, 0.4) is 0 Å². The monoisotopic (exact) mass is 434 g/mol. The van der Waals surface area contributed by atoms with Crippen molar-refractivity contribution in [3.05, 3.63) is 65.5 Å². The van der Waals surface area contributed by atoms with Crippen molar-refractivity contribution in [2.75, 3.05) is 19.8 Å². The van der Waals surface area contributed by atoms with E-state index in [2.05, 4.69) is 48.6 Å². The van der Waals surface area contributed by atoms with Crippen LogP contribution in [0.4, 0.5) is 0 Å². The minimum absolute atomic E-state index is 0.0767. The van der Waals surface area contributed by atoms with Crippen molar-refractivity contribution < 1.29 is 9.47 Å². The zero-order valence-electron chi connectivity index (χ0n) is 19.5. The quantitative estimate of drug-likeness (QED) is 0.624. The highest BCUT2D eigenvalue weighted by Gasteiger charge is 2.48. The Morgan fingerprint density at radius 2 is 1.94 bits per heavy atom. The lowest BCUT2D eigenvalue weighted by Crippen LogP contribution is -2.47. The smallest absolute Gasteiger partial charge is 0.0691 e. The van der Waals surface area contributed by atoms with Gasteiger partial charge in [0.2, 0.25) is 0 Å². The summed E-state index contributed by atoms with van der Waals surface area (Å²) in [6.07, 6.45) is 12.6. The van der Waals surface area contributed by atoms with Gasteiger partial charge in [0.15, 0.2) is 0 Å². The summed E-state index contributed by atoms with van der Waals surface area (Å²) in [6, 6.07) is 15.7. The van der Waals surface area contributed by atoms with E-state index in [0.717, 1.165) is 51.9 Å². The van der Waals surface area contributed by atoms with Crippen molar-refractivity contribution in [3.63, 3.8) is 0 Å². The molecule has 1 aromatic carbocycles. The van der Waals surface area contributed by atoms with E-state index in [0.29, 0.717) is 12.1 Å². The maximum absolute atomic E-state index is 6.42. The lowest BCUT2D eigenvalue weighted by Gasteiger charge is -2.46. The lowest BCUT2D eigenvalue weighted by atomic mass is 9.68. The van der Waals surface area contributed by atoms with Gasteiger partial charge in [-0.25, -0.2) is 0 Å². The third kappa shape index (κ3) is 4.50. The van der Waals surface area contributed by atoms with Crippen LogP contribution >= 0.6 is 0 Å². The molecule has 0 radical (unpaired) electrons. The van der Waals surface area contributed by atoms with Crippen LogP contribution in [0.1, 0.15) is 81.2 Å². The van der Waals surface area contributed by atoms with E-state index >= 15 is 0 Å². The van der Waals surface area contributed by atoms with Crippen LogP contribution in [-0.4, -0.2) is 36.4 Å². The number of hydrogen-bond acceptors (Lipinski definition) is 4. The van der Waals surface area contributed by atoms with Gasteiger partial charge in [0.1, 0.15) is 0 Å². The third-order valence-corrected chi connectivity index (χ3v) is 8.15. The molecule has 4 nitrogen and oxygen atoms in total. The summed E-state index contributed by atoms with van der Waals surface area (Å²) in [5.41, 5.74) is 4.32. The van der Waals surface area contributed by atoms with Crippen LogP contribution in [0.5, 0.6) is 0 Å². The second-order valence-corrected chi connectivity index (χ2v) is 10.1. The van der Waals surface area contributed by atoms with Crippen LogP contribution in [0.2, 0.25) is 0 Å². The minimum Gasteiger partial charge on any atom is -0.378 e. The van der Waals surface area contributed by atoms with E-state index < -0.39 is 0 Å². The Morgan fingerprint density at radius 3 is 2.75 bits per heavy atom. The van der Waals surface area contributed by atoms with Crippen LogP contribution < -0.4 is 5.32 Å². The molecule has 5 rings (SSSR count). The number of fused-ring (bicyclic) bond motifs is 1. The van der Waals surface area contributed by atoms with Crippen LogP contribution in [0.15, 0.2) is 48.7 Å². The topological polar surface area (TPSA) is 43.4 Å². The number of nitrogens with zero attached hydrogens (tertiary/aromatic N) is 1. The summed E-state index contributed by atoms with van der Waals surface area (Å²) in [4.78, 5) is 4.86. The SMILES string of the molecule is CCO[C@H]1Cc2ccccc2[C@@H](NCC[C@@]2(c3ccccn3)CCOC3(CCCC3)C2)C1. The van der Waals surface area contributed by atoms with Gasteiger partial charge in [0, 0.05) is 36.6 Å². The van der Waals surface area contributed by atoms with Crippen molar-refractivity contribution in [1.82, 2.24) is 10.3 Å². The maximum atomic E-state index is 6.42. The van der Waals surface area contributed by atoms with Crippen LogP contribution in [0, 0.1) is 0 Å². The number of rotatable bonds is 7. The minimum atomic E-state index is 0.0767. The maximum Gasteiger partial charge on any atom is 0.0691 e. The molecule has 0 bridgehead atoms. The highest BCUT2D eigenvalue weighted by atomic mass is 16.5. The van der Waals surface area contributed by atoms with Crippen molar-refractivity contribution in [1.29, 1.82) is 0 Å². The number of nitrogens with one attached hydrogen (secondary N) is 1. The second-order valence-electron chi connectivity index (χ2n) is 10.1. The van der Waals surface area contributed by atoms with E-state index in [1.807, 2.05) is 12.3 Å². The normalized spacial score (nSPS) is 29.2. The first-order valence-electron chi connectivity index (χ1n) is 12.7. The molecule has 0 unspecified atom stereocenters. The van der Waals surface area contributed by atoms with E-state index in [1.54, 1.807) is 0 Å². The number of aromatic nitrogens is 1. The first-order chi connectivity index (χ1) is 15.7. The van der Waals surface area contributed by atoms with Gasteiger partial charge in [0.25, 0.3) is 0 Å². The standard InChI is InChI=1S/C28H38N2O2/c1-2-31-23-19-22-9-3-4-10-24(22)25(20-23)29-17-14-27(26-11-5-8-16-30-26)15-18-32-28(21-27)12-6-7-13-28/h3-5,8-11,16,23,25,29H,2,6-7,12-15,17-21H2,1H3/t23-,25-,27+/m0/s1. The molecular weight excluding hydrogens is 396 g/mol. The Labute approximate surface area is 193 Å². The van der Waals surface area contributed by atoms with Gasteiger partial charge in [-0.15, -0.1) is 0 Å². The van der Waals surface area contributed by atoms with Crippen LogP contribution in [0.25, 0.3) is 0 Å². The van der Waals surface area contributed by atoms with Gasteiger partial charge in [-0.05, 0) is 81.7 Å². The molecule has 1 saturated heterocycles. The zero-order chi connectivity index (χ0) is 21.9. The van der Waals surface area contributed by atoms with Crippen molar-refractivity contribution >= 4 is 0 Å². The summed E-state index contributed by atoms with van der Waals surface area (Å²) < 4.78 is 12.5. The molecule has 2 aromatic rings. The van der Waals surface area contributed by atoms with E-state index in [9.17, 15) is 0 Å². The van der Waals surface area contributed by atoms with Gasteiger partial charge >= 0.3 is 0 Å². The molecule has 32 heavy (non-hydrogen) atoms. The molecule has 172 valence electrons. The first-order valence-corrected chi connectivity index (χ1v) is 12.7. The molecule has 1 aromatic heterocycles. The fourth-order valence-electron chi connectivity index (χ4n) is 6.62. The van der Waals surface area contributed by atoms with Crippen molar-refractivity contribution in [2.24, 2.45) is 0 Å². The predicted molar refractivity (Wildman–Crippen MR) is 128 cm³/mol. The van der Waals surface area contributed by atoms with Gasteiger partial charge < -0.3 is 14.8 Å². The Bertz CT molecular complexity index is 880. The van der Waals surface area contributed by atoms with Gasteiger partial charge in [-0.3, -0.25) is 4.98 Å². The second kappa shape index (κ2) is 9.62. The average Bonchev–Trinajstić information content (AvgIpc) is 3.27. The Morgan fingerprint density at radius 1 is 1.09 bits per heavy atom. The Balaban J connectivity index is 1.33. The Kier molecular flexibility index (Phi) is 6.64.